The Kier molecular flexibility index (Phi) is 7.52. The van der Waals surface area contributed by atoms with Crippen LogP contribution in [-0.4, -0.2) is 76.6 Å². The standard InChI is InChI=1S/C12H15NO3.C6H11NO3/c14-10-6-11(12(15)16)13(8-10)7-9-4-2-1-3-5-9;1-10-6(9)5-2-4(8)3-7-5/h1-5,10-11,14H,6-8H2,(H,15,16);4-5,7-8H,2-3H2,1H3/t10-,11-;4-,5-/m11/s1. The number of aliphatic carboxylic acids is 1. The van der Waals surface area contributed by atoms with Gasteiger partial charge in [-0.05, 0) is 5.56 Å². The zero-order valence-electron chi connectivity index (χ0n) is 14.7. The second-order valence-electron chi connectivity index (χ2n) is 6.53. The van der Waals surface area contributed by atoms with Gasteiger partial charge in [-0.25, -0.2) is 0 Å². The molecule has 4 atom stereocenters. The van der Waals surface area contributed by atoms with Crippen LogP contribution in [0.5, 0.6) is 0 Å². The van der Waals surface area contributed by atoms with Gasteiger partial charge in [-0.15, -0.1) is 0 Å². The summed E-state index contributed by atoms with van der Waals surface area (Å²) in [6.45, 7) is 1.50. The number of hydrogen-bond acceptors (Lipinski definition) is 7. The van der Waals surface area contributed by atoms with E-state index in [0.29, 0.717) is 32.5 Å². The molecule has 0 radical (unpaired) electrons. The quantitative estimate of drug-likeness (QED) is 0.531. The number of rotatable bonds is 4. The van der Waals surface area contributed by atoms with Gasteiger partial charge in [0.25, 0.3) is 0 Å². The van der Waals surface area contributed by atoms with Gasteiger partial charge in [-0.3, -0.25) is 14.5 Å². The summed E-state index contributed by atoms with van der Waals surface area (Å²) in [6, 6.07) is 8.84. The number of likely N-dealkylation sites (tertiary alicyclic amines) is 1. The van der Waals surface area contributed by atoms with Gasteiger partial charge in [0.2, 0.25) is 0 Å². The maximum absolute atomic E-state index is 11.0. The molecule has 8 heteroatoms. The molecule has 2 saturated heterocycles. The Labute approximate surface area is 152 Å². The van der Waals surface area contributed by atoms with Crippen molar-refractivity contribution in [2.75, 3.05) is 20.2 Å². The summed E-state index contributed by atoms with van der Waals surface area (Å²) < 4.78 is 4.47. The SMILES string of the molecule is COC(=O)[C@H]1C[C@@H](O)CN1.O=C(O)[C@H]1C[C@@H](O)CN1Cc1ccccc1. The molecule has 4 N–H and O–H groups in total. The molecule has 0 spiro atoms. The highest BCUT2D eigenvalue weighted by Crippen LogP contribution is 2.20. The van der Waals surface area contributed by atoms with E-state index in [1.54, 1.807) is 0 Å². The first-order valence-electron chi connectivity index (χ1n) is 8.58. The van der Waals surface area contributed by atoms with Crippen LogP contribution in [0.4, 0.5) is 0 Å². The number of ether oxygens (including phenoxy) is 1. The number of benzene rings is 1. The van der Waals surface area contributed by atoms with Crippen molar-refractivity contribution in [3.63, 3.8) is 0 Å². The minimum atomic E-state index is -0.854. The molecular weight excluding hydrogens is 340 g/mol. The Balaban J connectivity index is 0.000000209. The minimum Gasteiger partial charge on any atom is -0.480 e. The Morgan fingerprint density at radius 3 is 2.42 bits per heavy atom. The van der Waals surface area contributed by atoms with Crippen LogP contribution < -0.4 is 5.32 Å². The van der Waals surface area contributed by atoms with Gasteiger partial charge < -0.3 is 25.4 Å². The van der Waals surface area contributed by atoms with E-state index in [1.807, 2.05) is 35.2 Å². The Morgan fingerprint density at radius 1 is 1.19 bits per heavy atom. The largest absolute Gasteiger partial charge is 0.480 e. The lowest BCUT2D eigenvalue weighted by molar-refractivity contribution is -0.143. The van der Waals surface area contributed by atoms with Crippen molar-refractivity contribution in [2.45, 2.75) is 43.7 Å². The lowest BCUT2D eigenvalue weighted by Gasteiger charge is -2.20. The van der Waals surface area contributed by atoms with Gasteiger partial charge >= 0.3 is 11.9 Å². The predicted molar refractivity (Wildman–Crippen MR) is 93.3 cm³/mol. The Hall–Kier alpha value is -2.00. The molecule has 0 amide bonds. The number of aliphatic hydroxyl groups is 2. The molecule has 0 aliphatic carbocycles. The second-order valence-corrected chi connectivity index (χ2v) is 6.53. The van der Waals surface area contributed by atoms with Crippen LogP contribution in [0.1, 0.15) is 18.4 Å². The monoisotopic (exact) mass is 366 g/mol. The summed E-state index contributed by atoms with van der Waals surface area (Å²) >= 11 is 0. The van der Waals surface area contributed by atoms with Crippen molar-refractivity contribution in [3.8, 4) is 0 Å². The van der Waals surface area contributed by atoms with Gasteiger partial charge in [0.15, 0.2) is 0 Å². The topological polar surface area (TPSA) is 119 Å². The van der Waals surface area contributed by atoms with E-state index in [0.717, 1.165) is 5.56 Å². The molecule has 1 aromatic carbocycles. The molecule has 0 aromatic heterocycles. The van der Waals surface area contributed by atoms with Crippen LogP contribution in [-0.2, 0) is 20.9 Å². The molecule has 0 unspecified atom stereocenters. The number of β-amino-alcohol motifs (C(OH)–C–C–N with tert-alkyl or cyclic N) is 2. The summed E-state index contributed by atoms with van der Waals surface area (Å²) in [5.74, 6) is -1.15. The van der Waals surface area contributed by atoms with E-state index in [1.165, 1.54) is 7.11 Å². The number of nitrogens with zero attached hydrogens (tertiary/aromatic N) is 1. The summed E-state index contributed by atoms with van der Waals surface area (Å²) in [5, 5.41) is 30.3. The normalized spacial score (nSPS) is 28.3. The van der Waals surface area contributed by atoms with E-state index < -0.39 is 24.2 Å². The number of carboxylic acids is 1. The molecule has 8 nitrogen and oxygen atoms in total. The fraction of sp³-hybridized carbons (Fsp3) is 0.556. The molecule has 2 fully saturated rings. The van der Waals surface area contributed by atoms with Crippen LogP contribution in [0.25, 0.3) is 0 Å². The lowest BCUT2D eigenvalue weighted by Crippen LogP contribution is -2.35. The molecule has 0 saturated carbocycles. The lowest BCUT2D eigenvalue weighted by atomic mass is 10.2. The maximum Gasteiger partial charge on any atom is 0.322 e. The molecule has 0 bridgehead atoms. The zero-order valence-corrected chi connectivity index (χ0v) is 14.7. The van der Waals surface area contributed by atoms with Crippen LogP contribution in [0.15, 0.2) is 30.3 Å². The van der Waals surface area contributed by atoms with Gasteiger partial charge in [-0.1, -0.05) is 30.3 Å². The van der Waals surface area contributed by atoms with Crippen LogP contribution in [0.3, 0.4) is 0 Å². The number of carbonyl (C=O) groups is 2. The number of hydrogen-bond donors (Lipinski definition) is 4. The summed E-state index contributed by atoms with van der Waals surface area (Å²) in [7, 11) is 1.34. The first kappa shape index (κ1) is 20.3. The summed E-state index contributed by atoms with van der Waals surface area (Å²) in [6.07, 6.45) is -0.136. The number of carboxylic acid groups (broad SMARTS) is 1. The third kappa shape index (κ3) is 5.77. The average molecular weight is 366 g/mol. The molecule has 144 valence electrons. The average Bonchev–Trinajstić information content (AvgIpc) is 3.21. The third-order valence-electron chi connectivity index (χ3n) is 4.49. The zero-order chi connectivity index (χ0) is 19.1. The number of aliphatic hydroxyl groups excluding tert-OH is 2. The predicted octanol–water partition coefficient (Wildman–Crippen LogP) is -0.411. The Bertz CT molecular complexity index is 597. The highest BCUT2D eigenvalue weighted by Gasteiger charge is 2.35. The number of methoxy groups -OCH3 is 1. The van der Waals surface area contributed by atoms with Gasteiger partial charge in [-0.2, -0.15) is 0 Å². The molecule has 26 heavy (non-hydrogen) atoms. The second kappa shape index (κ2) is 9.63. The molecular formula is C18H26N2O6. The highest BCUT2D eigenvalue weighted by atomic mass is 16.5. The molecule has 3 rings (SSSR count). The van der Waals surface area contributed by atoms with E-state index in [4.69, 9.17) is 10.2 Å². The smallest absolute Gasteiger partial charge is 0.322 e. The minimum absolute atomic E-state index is 0.295. The summed E-state index contributed by atoms with van der Waals surface area (Å²) in [5.41, 5.74) is 1.07. The Morgan fingerprint density at radius 2 is 1.88 bits per heavy atom. The van der Waals surface area contributed by atoms with Crippen molar-refractivity contribution >= 4 is 11.9 Å². The molecule has 2 aliphatic rings. The molecule has 2 aliphatic heterocycles. The van der Waals surface area contributed by atoms with Gasteiger partial charge in [0.05, 0.1) is 19.3 Å². The van der Waals surface area contributed by atoms with Gasteiger partial charge in [0, 0.05) is 32.5 Å². The summed E-state index contributed by atoms with van der Waals surface area (Å²) in [4.78, 5) is 23.6. The van der Waals surface area contributed by atoms with Crippen molar-refractivity contribution in [3.05, 3.63) is 35.9 Å². The molecule has 2 heterocycles. The van der Waals surface area contributed by atoms with E-state index >= 15 is 0 Å². The first-order valence-corrected chi connectivity index (χ1v) is 8.58. The maximum atomic E-state index is 11.0. The van der Waals surface area contributed by atoms with E-state index in [2.05, 4.69) is 10.1 Å². The fourth-order valence-electron chi connectivity index (χ4n) is 3.17. The molecule has 1 aromatic rings. The van der Waals surface area contributed by atoms with Crippen molar-refractivity contribution in [2.24, 2.45) is 0 Å². The number of nitrogens with one attached hydrogen (secondary N) is 1. The number of carbonyl (C=O) groups excluding carboxylic acids is 1. The third-order valence-corrected chi connectivity index (χ3v) is 4.49. The van der Waals surface area contributed by atoms with Crippen molar-refractivity contribution in [1.82, 2.24) is 10.2 Å². The van der Waals surface area contributed by atoms with Gasteiger partial charge in [0.1, 0.15) is 12.1 Å². The number of esters is 1. The highest BCUT2D eigenvalue weighted by molar-refractivity contribution is 5.76. The van der Waals surface area contributed by atoms with Crippen LogP contribution >= 0.6 is 0 Å². The van der Waals surface area contributed by atoms with E-state index in [9.17, 15) is 14.7 Å². The van der Waals surface area contributed by atoms with Crippen molar-refractivity contribution < 1.29 is 29.6 Å². The van der Waals surface area contributed by atoms with Crippen LogP contribution in [0.2, 0.25) is 0 Å². The van der Waals surface area contributed by atoms with Crippen molar-refractivity contribution in [1.29, 1.82) is 0 Å². The van der Waals surface area contributed by atoms with Crippen LogP contribution in [0, 0.1) is 0 Å². The fourth-order valence-corrected chi connectivity index (χ4v) is 3.17. The first-order chi connectivity index (χ1) is 12.4. The van der Waals surface area contributed by atoms with E-state index in [-0.39, 0.29) is 12.0 Å².